The quantitative estimate of drug-likeness (QED) is 0.839. The summed E-state index contributed by atoms with van der Waals surface area (Å²) in [5.74, 6) is -0.0185. The molecule has 3 nitrogen and oxygen atoms in total. The number of benzene rings is 1. The van der Waals surface area contributed by atoms with Crippen LogP contribution in [0.3, 0.4) is 0 Å². The highest BCUT2D eigenvalue weighted by Gasteiger charge is 2.28. The van der Waals surface area contributed by atoms with Crippen molar-refractivity contribution in [3.05, 3.63) is 45.9 Å². The summed E-state index contributed by atoms with van der Waals surface area (Å²) in [7, 11) is 0. The van der Waals surface area contributed by atoms with Gasteiger partial charge in [0, 0.05) is 11.5 Å². The average Bonchev–Trinajstić information content (AvgIpc) is 3.28. The predicted octanol–water partition coefficient (Wildman–Crippen LogP) is 4.65. The van der Waals surface area contributed by atoms with E-state index in [9.17, 15) is 8.78 Å². The molecule has 1 N–H and O–H groups in total. The first-order chi connectivity index (χ1) is 9.97. The van der Waals surface area contributed by atoms with Crippen LogP contribution in [-0.4, -0.2) is 9.97 Å². The zero-order valence-corrected chi connectivity index (χ0v) is 12.4. The van der Waals surface area contributed by atoms with E-state index in [1.54, 1.807) is 13.8 Å². The van der Waals surface area contributed by atoms with Crippen LogP contribution < -0.4 is 5.32 Å². The maximum absolute atomic E-state index is 14.1. The van der Waals surface area contributed by atoms with Crippen molar-refractivity contribution >= 4 is 23.1 Å². The third kappa shape index (κ3) is 2.70. The Balaban J connectivity index is 2.04. The van der Waals surface area contributed by atoms with Crippen LogP contribution in [0.25, 0.3) is 0 Å². The van der Waals surface area contributed by atoms with Gasteiger partial charge < -0.3 is 5.32 Å². The molecule has 0 atom stereocenters. The molecule has 1 saturated carbocycles. The van der Waals surface area contributed by atoms with Gasteiger partial charge in [-0.3, -0.25) is 0 Å². The van der Waals surface area contributed by atoms with Crippen LogP contribution in [0, 0.1) is 25.5 Å². The van der Waals surface area contributed by atoms with E-state index in [2.05, 4.69) is 15.3 Å². The molecular formula is C15H14ClF2N3. The van der Waals surface area contributed by atoms with Gasteiger partial charge in [-0.2, -0.15) is 0 Å². The van der Waals surface area contributed by atoms with E-state index in [1.807, 2.05) is 0 Å². The van der Waals surface area contributed by atoms with Crippen LogP contribution in [0.2, 0.25) is 5.15 Å². The number of rotatable bonds is 3. The summed E-state index contributed by atoms with van der Waals surface area (Å²) in [6.45, 7) is 3.29. The van der Waals surface area contributed by atoms with Crippen molar-refractivity contribution in [1.29, 1.82) is 0 Å². The predicted molar refractivity (Wildman–Crippen MR) is 78.1 cm³/mol. The fourth-order valence-electron chi connectivity index (χ4n) is 2.04. The van der Waals surface area contributed by atoms with Gasteiger partial charge >= 0.3 is 0 Å². The Morgan fingerprint density at radius 1 is 1.19 bits per heavy atom. The van der Waals surface area contributed by atoms with Crippen LogP contribution in [0.15, 0.2) is 12.1 Å². The fourth-order valence-corrected chi connectivity index (χ4v) is 2.22. The summed E-state index contributed by atoms with van der Waals surface area (Å²) in [5, 5.41) is 3.04. The van der Waals surface area contributed by atoms with Crippen LogP contribution in [0.4, 0.5) is 20.3 Å². The molecule has 110 valence electrons. The van der Waals surface area contributed by atoms with Gasteiger partial charge in [0.15, 0.2) is 5.82 Å². The van der Waals surface area contributed by atoms with Crippen molar-refractivity contribution in [3.8, 4) is 0 Å². The molecule has 0 spiro atoms. The minimum atomic E-state index is -0.666. The fraction of sp³-hybridized carbons (Fsp3) is 0.333. The Labute approximate surface area is 126 Å². The monoisotopic (exact) mass is 309 g/mol. The minimum absolute atomic E-state index is 0.213. The molecule has 6 heteroatoms. The lowest BCUT2D eigenvalue weighted by molar-refractivity contribution is 0.584. The van der Waals surface area contributed by atoms with Crippen molar-refractivity contribution in [2.45, 2.75) is 32.6 Å². The first kappa shape index (κ1) is 14.2. The van der Waals surface area contributed by atoms with Crippen LogP contribution >= 0.6 is 11.6 Å². The number of aromatic nitrogens is 2. The van der Waals surface area contributed by atoms with Gasteiger partial charge in [-0.05, 0) is 38.3 Å². The minimum Gasteiger partial charge on any atom is -0.335 e. The third-order valence-corrected chi connectivity index (χ3v) is 3.94. The van der Waals surface area contributed by atoms with Gasteiger partial charge in [0.05, 0.1) is 0 Å². The van der Waals surface area contributed by atoms with E-state index in [1.165, 1.54) is 12.1 Å². The summed E-state index contributed by atoms with van der Waals surface area (Å²) < 4.78 is 27.9. The molecule has 0 saturated heterocycles. The number of aryl methyl sites for hydroxylation is 1. The number of hydrogen-bond donors (Lipinski definition) is 1. The van der Waals surface area contributed by atoms with Gasteiger partial charge in [0.2, 0.25) is 0 Å². The highest BCUT2D eigenvalue weighted by atomic mass is 35.5. The number of anilines is 2. The third-order valence-electron chi connectivity index (χ3n) is 3.57. The van der Waals surface area contributed by atoms with Crippen LogP contribution in [-0.2, 0) is 0 Å². The van der Waals surface area contributed by atoms with Crippen molar-refractivity contribution in [1.82, 2.24) is 9.97 Å². The van der Waals surface area contributed by atoms with Crippen molar-refractivity contribution in [2.24, 2.45) is 0 Å². The summed E-state index contributed by atoms with van der Waals surface area (Å²) in [6, 6.07) is 2.62. The molecule has 21 heavy (non-hydrogen) atoms. The summed E-state index contributed by atoms with van der Waals surface area (Å²) >= 11 is 6.09. The first-order valence-corrected chi connectivity index (χ1v) is 7.11. The molecule has 0 amide bonds. The molecule has 2 aromatic rings. The van der Waals surface area contributed by atoms with Crippen molar-refractivity contribution < 1.29 is 8.78 Å². The van der Waals surface area contributed by atoms with Gasteiger partial charge in [0.1, 0.15) is 28.3 Å². The maximum atomic E-state index is 14.1. The van der Waals surface area contributed by atoms with Gasteiger partial charge in [-0.1, -0.05) is 17.7 Å². The van der Waals surface area contributed by atoms with E-state index < -0.39 is 11.6 Å². The Hall–Kier alpha value is -1.75. The zero-order valence-electron chi connectivity index (χ0n) is 11.7. The van der Waals surface area contributed by atoms with Gasteiger partial charge in [-0.15, -0.1) is 0 Å². The van der Waals surface area contributed by atoms with E-state index >= 15 is 0 Å². The Bertz CT molecular complexity index is 715. The van der Waals surface area contributed by atoms with Crippen molar-refractivity contribution in [3.63, 3.8) is 0 Å². The number of nitrogens with zero attached hydrogens (tertiary/aromatic N) is 2. The van der Waals surface area contributed by atoms with Crippen LogP contribution in [0.5, 0.6) is 0 Å². The standard InChI is InChI=1S/C15H14ClF2N3/c1-7-3-6-10(17)12(11(7)18)19-14-8(2)13(16)20-15(21-14)9-4-5-9/h3,6,9H,4-5H2,1-2H3,(H,19,20,21). The zero-order chi connectivity index (χ0) is 15.1. The van der Waals surface area contributed by atoms with E-state index in [-0.39, 0.29) is 5.69 Å². The molecule has 0 radical (unpaired) electrons. The summed E-state index contributed by atoms with van der Waals surface area (Å²) in [4.78, 5) is 8.59. The second-order valence-corrected chi connectivity index (χ2v) is 5.66. The molecule has 3 rings (SSSR count). The number of nitrogens with one attached hydrogen (secondary N) is 1. The first-order valence-electron chi connectivity index (χ1n) is 6.73. The number of halogens is 3. The average molecular weight is 310 g/mol. The summed E-state index contributed by atoms with van der Waals surface area (Å²) in [6.07, 6.45) is 2.04. The lowest BCUT2D eigenvalue weighted by atomic mass is 10.2. The topological polar surface area (TPSA) is 37.8 Å². The summed E-state index contributed by atoms with van der Waals surface area (Å²) in [5.41, 5.74) is 0.718. The molecule has 1 aliphatic rings. The van der Waals surface area contributed by atoms with E-state index in [4.69, 9.17) is 11.6 Å². The van der Waals surface area contributed by atoms with Crippen molar-refractivity contribution in [2.75, 3.05) is 5.32 Å². The van der Waals surface area contributed by atoms with Gasteiger partial charge in [0.25, 0.3) is 0 Å². The Morgan fingerprint density at radius 3 is 2.57 bits per heavy atom. The molecule has 0 unspecified atom stereocenters. The molecule has 0 aliphatic heterocycles. The highest BCUT2D eigenvalue weighted by molar-refractivity contribution is 6.30. The second kappa shape index (κ2) is 5.22. The maximum Gasteiger partial charge on any atom is 0.152 e. The van der Waals surface area contributed by atoms with Gasteiger partial charge in [-0.25, -0.2) is 18.7 Å². The highest BCUT2D eigenvalue weighted by Crippen LogP contribution is 2.40. The SMILES string of the molecule is Cc1ccc(F)c(Nc2nc(C3CC3)nc(Cl)c2C)c1F. The molecule has 1 aromatic carbocycles. The van der Waals surface area contributed by atoms with E-state index in [0.29, 0.717) is 33.8 Å². The van der Waals surface area contributed by atoms with E-state index in [0.717, 1.165) is 12.8 Å². The molecule has 0 bridgehead atoms. The molecular weight excluding hydrogens is 296 g/mol. The second-order valence-electron chi connectivity index (χ2n) is 5.30. The molecule has 1 heterocycles. The normalized spacial score (nSPS) is 14.3. The Morgan fingerprint density at radius 2 is 1.90 bits per heavy atom. The molecule has 1 aromatic heterocycles. The molecule has 1 aliphatic carbocycles. The number of hydrogen-bond acceptors (Lipinski definition) is 3. The Kier molecular flexibility index (Phi) is 3.53. The molecule has 1 fully saturated rings. The smallest absolute Gasteiger partial charge is 0.152 e. The largest absolute Gasteiger partial charge is 0.335 e. The van der Waals surface area contributed by atoms with Crippen LogP contribution in [0.1, 0.15) is 35.7 Å². The lowest BCUT2D eigenvalue weighted by Crippen LogP contribution is -2.06. The lowest BCUT2D eigenvalue weighted by Gasteiger charge is -2.13.